The summed E-state index contributed by atoms with van der Waals surface area (Å²) in [6.45, 7) is 1.50. The Hall–Kier alpha value is -4.24. The van der Waals surface area contributed by atoms with Crippen LogP contribution in [-0.2, 0) is 23.1 Å². The van der Waals surface area contributed by atoms with Crippen molar-refractivity contribution in [2.24, 2.45) is 5.92 Å². The summed E-state index contributed by atoms with van der Waals surface area (Å²) < 4.78 is 21.3. The molecule has 9 nitrogen and oxygen atoms in total. The first kappa shape index (κ1) is 25.5. The van der Waals surface area contributed by atoms with Crippen LogP contribution in [-0.4, -0.2) is 63.2 Å². The molecule has 1 aromatic heterocycles. The average Bonchev–Trinajstić information content (AvgIpc) is 3.63. The fourth-order valence-electron chi connectivity index (χ4n) is 7.94. The van der Waals surface area contributed by atoms with E-state index in [1.54, 1.807) is 4.68 Å². The number of piperidine rings is 1. The number of para-hydroxylation sites is 1. The fraction of sp³-hybridized carbons (Fsp3) is 0.394. The lowest BCUT2D eigenvalue weighted by molar-refractivity contribution is -0.138. The van der Waals surface area contributed by atoms with Crippen molar-refractivity contribution in [3.63, 3.8) is 0 Å². The zero-order chi connectivity index (χ0) is 28.3. The monoisotopic (exact) mass is 563 g/mol. The van der Waals surface area contributed by atoms with Gasteiger partial charge in [0.15, 0.2) is 23.4 Å². The molecule has 0 amide bonds. The molecule has 3 heterocycles. The normalized spacial score (nSPS) is 25.5. The van der Waals surface area contributed by atoms with Crippen LogP contribution in [0.25, 0.3) is 5.69 Å². The van der Waals surface area contributed by atoms with Crippen LogP contribution in [0.4, 0.5) is 0 Å². The van der Waals surface area contributed by atoms with E-state index in [1.807, 2.05) is 42.5 Å². The Morgan fingerprint density at radius 1 is 1.07 bits per heavy atom. The SMILES string of the molecule is CN1CC[C@]23c4c5c(OCCCc6ccccc6)cc(Oc6nnnn6-c6ccccc6)c4O[C@H]2C(=O)CC[C@H]3[C@H]1C5. The molecule has 1 saturated heterocycles. The molecule has 3 aromatic carbocycles. The average molecular weight is 564 g/mol. The third-order valence-corrected chi connectivity index (χ3v) is 9.81. The first-order valence-corrected chi connectivity index (χ1v) is 14.9. The number of tetrazole rings is 1. The van der Waals surface area contributed by atoms with Gasteiger partial charge in [-0.3, -0.25) is 4.79 Å². The molecule has 4 aliphatic rings. The summed E-state index contributed by atoms with van der Waals surface area (Å²) in [5.41, 5.74) is 3.99. The predicted molar refractivity (Wildman–Crippen MR) is 154 cm³/mol. The van der Waals surface area contributed by atoms with Crippen molar-refractivity contribution >= 4 is 5.78 Å². The minimum Gasteiger partial charge on any atom is -0.493 e. The minimum atomic E-state index is -0.498. The summed E-state index contributed by atoms with van der Waals surface area (Å²) in [4.78, 5) is 15.9. The van der Waals surface area contributed by atoms with E-state index < -0.39 is 6.10 Å². The first-order valence-electron chi connectivity index (χ1n) is 14.9. The molecule has 1 spiro atoms. The number of carbonyl (C=O) groups is 1. The van der Waals surface area contributed by atoms with Crippen molar-refractivity contribution in [3.8, 4) is 28.9 Å². The maximum absolute atomic E-state index is 13.5. The van der Waals surface area contributed by atoms with Crippen LogP contribution >= 0.6 is 0 Å². The molecule has 2 aliphatic heterocycles. The lowest BCUT2D eigenvalue weighted by Gasteiger charge is -2.57. The van der Waals surface area contributed by atoms with Gasteiger partial charge in [-0.15, -0.1) is 0 Å². The number of likely N-dealkylation sites (N-methyl/N-ethyl adjacent to an activating group) is 1. The predicted octanol–water partition coefficient (Wildman–Crippen LogP) is 4.70. The number of nitrogens with zero attached hydrogens (tertiary/aromatic N) is 5. The number of hydrogen-bond donors (Lipinski definition) is 0. The highest BCUT2D eigenvalue weighted by molar-refractivity contribution is 5.89. The number of rotatable bonds is 8. The summed E-state index contributed by atoms with van der Waals surface area (Å²) >= 11 is 0. The van der Waals surface area contributed by atoms with Crippen LogP contribution in [0.2, 0.25) is 0 Å². The van der Waals surface area contributed by atoms with E-state index >= 15 is 0 Å². The van der Waals surface area contributed by atoms with Gasteiger partial charge in [0.2, 0.25) is 0 Å². The van der Waals surface area contributed by atoms with E-state index in [0.29, 0.717) is 36.5 Å². The summed E-state index contributed by atoms with van der Waals surface area (Å²) in [7, 11) is 2.21. The number of ether oxygens (including phenoxy) is 3. The maximum atomic E-state index is 13.5. The zero-order valence-electron chi connectivity index (χ0n) is 23.6. The van der Waals surface area contributed by atoms with Gasteiger partial charge in [-0.1, -0.05) is 53.6 Å². The van der Waals surface area contributed by atoms with Gasteiger partial charge in [0.25, 0.3) is 0 Å². The van der Waals surface area contributed by atoms with Gasteiger partial charge >= 0.3 is 6.01 Å². The Bertz CT molecular complexity index is 1640. The Morgan fingerprint density at radius 3 is 2.71 bits per heavy atom. The molecule has 42 heavy (non-hydrogen) atoms. The van der Waals surface area contributed by atoms with Crippen molar-refractivity contribution in [2.75, 3.05) is 20.2 Å². The largest absolute Gasteiger partial charge is 0.493 e. The van der Waals surface area contributed by atoms with Crippen molar-refractivity contribution in [3.05, 3.63) is 83.4 Å². The lowest BCUT2D eigenvalue weighted by atomic mass is 9.51. The Morgan fingerprint density at radius 2 is 1.88 bits per heavy atom. The van der Waals surface area contributed by atoms with Crippen LogP contribution in [0.1, 0.15) is 42.4 Å². The quantitative estimate of drug-likeness (QED) is 0.285. The van der Waals surface area contributed by atoms with Gasteiger partial charge < -0.3 is 19.1 Å². The van der Waals surface area contributed by atoms with E-state index in [9.17, 15) is 4.79 Å². The Kier molecular flexibility index (Phi) is 6.03. The molecule has 2 fully saturated rings. The van der Waals surface area contributed by atoms with Gasteiger partial charge in [-0.05, 0) is 79.7 Å². The number of hydrogen-bond acceptors (Lipinski definition) is 8. The Balaban J connectivity index is 1.21. The second-order valence-corrected chi connectivity index (χ2v) is 12.0. The van der Waals surface area contributed by atoms with E-state index in [2.05, 4.69) is 51.7 Å². The number of likely N-dealkylation sites (tertiary alicyclic amines) is 1. The number of Topliss-reactive ketones (excluding diaryl/α,β-unsaturated/α-hetero) is 1. The van der Waals surface area contributed by atoms with Gasteiger partial charge in [0.1, 0.15) is 5.75 Å². The van der Waals surface area contributed by atoms with Gasteiger partial charge in [-0.2, -0.15) is 4.68 Å². The molecule has 2 bridgehead atoms. The third-order valence-electron chi connectivity index (χ3n) is 9.81. The summed E-state index contributed by atoms with van der Waals surface area (Å²) in [6, 6.07) is 22.6. The molecule has 8 rings (SSSR count). The molecule has 2 aliphatic carbocycles. The van der Waals surface area contributed by atoms with Crippen molar-refractivity contribution in [2.45, 2.75) is 56.1 Å². The summed E-state index contributed by atoms with van der Waals surface area (Å²) in [5, 5.41) is 12.2. The molecular formula is C33H33N5O4. The topological polar surface area (TPSA) is 91.6 Å². The fourth-order valence-corrected chi connectivity index (χ4v) is 7.94. The molecule has 9 heteroatoms. The van der Waals surface area contributed by atoms with E-state index in [-0.39, 0.29) is 17.2 Å². The third kappa shape index (κ3) is 3.86. The molecule has 0 radical (unpaired) electrons. The summed E-state index contributed by atoms with van der Waals surface area (Å²) in [5.74, 6) is 2.48. The molecule has 0 N–H and O–H groups in total. The van der Waals surface area contributed by atoms with Crippen LogP contribution in [0.3, 0.4) is 0 Å². The van der Waals surface area contributed by atoms with Crippen LogP contribution in [0.5, 0.6) is 23.3 Å². The Labute approximate surface area is 244 Å². The number of benzene rings is 3. The number of carbonyl (C=O) groups excluding carboxylic acids is 1. The maximum Gasteiger partial charge on any atom is 0.346 e. The minimum absolute atomic E-state index is 0.184. The van der Waals surface area contributed by atoms with E-state index in [4.69, 9.17) is 14.2 Å². The van der Waals surface area contributed by atoms with Crippen LogP contribution in [0.15, 0.2) is 66.7 Å². The lowest BCUT2D eigenvalue weighted by Crippen LogP contribution is -2.65. The number of ketones is 1. The van der Waals surface area contributed by atoms with Crippen LogP contribution in [0, 0.1) is 5.92 Å². The number of aromatic nitrogens is 4. The van der Waals surface area contributed by atoms with Gasteiger partial charge in [0, 0.05) is 35.1 Å². The molecule has 214 valence electrons. The van der Waals surface area contributed by atoms with Crippen molar-refractivity contribution < 1.29 is 19.0 Å². The van der Waals surface area contributed by atoms with Gasteiger partial charge in [-0.25, -0.2) is 0 Å². The molecule has 4 aromatic rings. The smallest absolute Gasteiger partial charge is 0.346 e. The second-order valence-electron chi connectivity index (χ2n) is 12.0. The first-order chi connectivity index (χ1) is 20.6. The molecule has 0 unspecified atom stereocenters. The number of aryl methyl sites for hydroxylation is 1. The molecular weight excluding hydrogens is 530 g/mol. The highest BCUT2D eigenvalue weighted by Gasteiger charge is 2.66. The zero-order valence-corrected chi connectivity index (χ0v) is 23.6. The van der Waals surface area contributed by atoms with Crippen molar-refractivity contribution in [1.29, 1.82) is 0 Å². The van der Waals surface area contributed by atoms with Crippen molar-refractivity contribution in [1.82, 2.24) is 25.1 Å². The second kappa shape index (κ2) is 9.94. The van der Waals surface area contributed by atoms with E-state index in [1.165, 1.54) is 5.56 Å². The highest BCUT2D eigenvalue weighted by atomic mass is 16.5. The van der Waals surface area contributed by atoms with Gasteiger partial charge in [0.05, 0.1) is 12.3 Å². The summed E-state index contributed by atoms with van der Waals surface area (Å²) in [6.07, 6.45) is 4.51. The van der Waals surface area contributed by atoms with E-state index in [0.717, 1.165) is 61.2 Å². The standard InChI is InChI=1S/C33H33N5O4/c1-37-17-16-33-24-14-15-26(39)31(33)42-30-28(41-32-34-35-36-38(32)22-12-6-3-7-13-22)20-27(23(29(30)33)19-25(24)37)40-18-8-11-21-9-4-2-5-10-21/h2-7,9-10,12-13,20,24-25,31H,8,11,14-19H2,1H3/t24-,25+,31-,33-/m0/s1. The molecule has 4 atom stereocenters. The highest BCUT2D eigenvalue weighted by Crippen LogP contribution is 2.64. The molecule has 1 saturated carbocycles. The van der Waals surface area contributed by atoms with Crippen LogP contribution < -0.4 is 14.2 Å².